The van der Waals surface area contributed by atoms with Gasteiger partial charge in [-0.3, -0.25) is 0 Å². The molecule has 1 aromatic carbocycles. The Kier molecular flexibility index (Phi) is 4.39. The van der Waals surface area contributed by atoms with Crippen LogP contribution in [0, 0.1) is 5.82 Å². The number of nitrogens with one attached hydrogen (secondary N) is 1. The molecule has 1 aliphatic rings. The number of benzene rings is 1. The Morgan fingerprint density at radius 3 is 2.85 bits per heavy atom. The van der Waals surface area contributed by atoms with Crippen molar-refractivity contribution in [2.24, 2.45) is 0 Å². The Bertz CT molecular complexity index is 615. The number of carbonyl (C=O) groups is 1. The molecule has 2 N–H and O–H groups in total. The highest BCUT2D eigenvalue weighted by Gasteiger charge is 2.24. The van der Waals surface area contributed by atoms with Crippen molar-refractivity contribution in [1.29, 1.82) is 0 Å². The van der Waals surface area contributed by atoms with Crippen molar-refractivity contribution in [3.05, 3.63) is 35.1 Å². The Labute approximate surface area is 116 Å². The second-order valence-corrected chi connectivity index (χ2v) is 7.17. The fraction of sp³-hybridized carbons (Fsp3) is 0.462. The zero-order valence-electron chi connectivity index (χ0n) is 10.8. The minimum atomic E-state index is -3.02. The normalized spacial score (nSPS) is 21.6. The van der Waals surface area contributed by atoms with E-state index in [1.165, 1.54) is 12.1 Å². The molecule has 110 valence electrons. The third kappa shape index (κ3) is 3.77. The van der Waals surface area contributed by atoms with Crippen LogP contribution in [0.4, 0.5) is 4.39 Å². The SMILES string of the molecule is O=C(O)c1ccc(F)c(CNC2CCCS(=O)(=O)C2)c1. The van der Waals surface area contributed by atoms with Crippen LogP contribution in [0.25, 0.3) is 0 Å². The van der Waals surface area contributed by atoms with E-state index in [0.717, 1.165) is 12.5 Å². The lowest BCUT2D eigenvalue weighted by molar-refractivity contribution is 0.0696. The summed E-state index contributed by atoms with van der Waals surface area (Å²) in [6.45, 7) is 0.118. The summed E-state index contributed by atoms with van der Waals surface area (Å²) < 4.78 is 36.6. The van der Waals surface area contributed by atoms with Crippen LogP contribution in [-0.4, -0.2) is 37.0 Å². The summed E-state index contributed by atoms with van der Waals surface area (Å²) >= 11 is 0. The summed E-state index contributed by atoms with van der Waals surface area (Å²) in [6, 6.07) is 3.37. The van der Waals surface area contributed by atoms with Gasteiger partial charge in [-0.05, 0) is 31.0 Å². The van der Waals surface area contributed by atoms with Gasteiger partial charge in [0.15, 0.2) is 9.84 Å². The first-order valence-electron chi connectivity index (χ1n) is 6.33. The van der Waals surface area contributed by atoms with E-state index in [0.29, 0.717) is 6.42 Å². The van der Waals surface area contributed by atoms with E-state index < -0.39 is 21.6 Å². The number of carboxylic acid groups (broad SMARTS) is 1. The minimum Gasteiger partial charge on any atom is -0.478 e. The average Bonchev–Trinajstić information content (AvgIpc) is 2.36. The van der Waals surface area contributed by atoms with Crippen LogP contribution in [0.3, 0.4) is 0 Å². The first-order chi connectivity index (χ1) is 9.37. The van der Waals surface area contributed by atoms with Gasteiger partial charge < -0.3 is 10.4 Å². The highest BCUT2D eigenvalue weighted by atomic mass is 32.2. The van der Waals surface area contributed by atoms with Gasteiger partial charge in [-0.2, -0.15) is 0 Å². The molecule has 1 saturated heterocycles. The monoisotopic (exact) mass is 301 g/mol. The predicted octanol–water partition coefficient (Wildman–Crippen LogP) is 1.19. The van der Waals surface area contributed by atoms with Crippen LogP contribution in [0.15, 0.2) is 18.2 Å². The van der Waals surface area contributed by atoms with E-state index in [1.54, 1.807) is 0 Å². The third-order valence-corrected chi connectivity index (χ3v) is 5.16. The molecule has 1 heterocycles. The second kappa shape index (κ2) is 5.88. The molecule has 1 fully saturated rings. The zero-order valence-corrected chi connectivity index (χ0v) is 11.6. The van der Waals surface area contributed by atoms with Crippen LogP contribution >= 0.6 is 0 Å². The number of halogens is 1. The molecule has 5 nitrogen and oxygen atoms in total. The van der Waals surface area contributed by atoms with Gasteiger partial charge in [-0.25, -0.2) is 17.6 Å². The molecule has 0 aromatic heterocycles. The molecule has 1 atom stereocenters. The molecule has 7 heteroatoms. The molecule has 1 aromatic rings. The van der Waals surface area contributed by atoms with Crippen molar-refractivity contribution in [2.75, 3.05) is 11.5 Å². The van der Waals surface area contributed by atoms with E-state index in [1.807, 2.05) is 0 Å². The van der Waals surface area contributed by atoms with Gasteiger partial charge in [0, 0.05) is 18.2 Å². The number of carboxylic acids is 1. The standard InChI is InChI=1S/C13H16FNO4S/c14-12-4-3-9(13(16)17)6-10(12)7-15-11-2-1-5-20(18,19)8-11/h3-4,6,11,15H,1-2,5,7-8H2,(H,16,17). The van der Waals surface area contributed by atoms with E-state index in [2.05, 4.69) is 5.32 Å². The zero-order chi connectivity index (χ0) is 14.8. The maximum absolute atomic E-state index is 13.6. The molecular weight excluding hydrogens is 285 g/mol. The summed E-state index contributed by atoms with van der Waals surface area (Å²) in [5.41, 5.74) is 0.243. The van der Waals surface area contributed by atoms with Crippen LogP contribution < -0.4 is 5.32 Å². The first-order valence-corrected chi connectivity index (χ1v) is 8.15. The van der Waals surface area contributed by atoms with Crippen LogP contribution in [0.1, 0.15) is 28.8 Å². The molecule has 2 rings (SSSR count). The lowest BCUT2D eigenvalue weighted by Gasteiger charge is -2.23. The third-order valence-electron chi connectivity index (χ3n) is 3.34. The summed E-state index contributed by atoms with van der Waals surface area (Å²) in [6.07, 6.45) is 1.32. The van der Waals surface area contributed by atoms with Crippen molar-refractivity contribution in [3.63, 3.8) is 0 Å². The van der Waals surface area contributed by atoms with E-state index in [9.17, 15) is 17.6 Å². The van der Waals surface area contributed by atoms with E-state index in [-0.39, 0.29) is 35.2 Å². The van der Waals surface area contributed by atoms with Gasteiger partial charge in [0.1, 0.15) is 5.82 Å². The molecule has 0 amide bonds. The van der Waals surface area contributed by atoms with Crippen LogP contribution in [0.5, 0.6) is 0 Å². The second-order valence-electron chi connectivity index (χ2n) is 4.95. The van der Waals surface area contributed by atoms with Gasteiger partial charge >= 0.3 is 5.97 Å². The van der Waals surface area contributed by atoms with Gasteiger partial charge in [0.25, 0.3) is 0 Å². The Morgan fingerprint density at radius 1 is 1.45 bits per heavy atom. The van der Waals surface area contributed by atoms with E-state index in [4.69, 9.17) is 5.11 Å². The Morgan fingerprint density at radius 2 is 2.20 bits per heavy atom. The van der Waals surface area contributed by atoms with Crippen LogP contribution in [0.2, 0.25) is 0 Å². The molecule has 1 aliphatic heterocycles. The summed E-state index contributed by atoms with van der Waals surface area (Å²) in [4.78, 5) is 10.8. The lowest BCUT2D eigenvalue weighted by Crippen LogP contribution is -2.39. The smallest absolute Gasteiger partial charge is 0.335 e. The summed E-state index contributed by atoms with van der Waals surface area (Å²) in [5.74, 6) is -1.37. The molecule has 0 radical (unpaired) electrons. The van der Waals surface area contributed by atoms with Crippen LogP contribution in [-0.2, 0) is 16.4 Å². The maximum Gasteiger partial charge on any atom is 0.335 e. The molecule has 1 unspecified atom stereocenters. The number of aromatic carboxylic acids is 1. The fourth-order valence-electron chi connectivity index (χ4n) is 2.28. The lowest BCUT2D eigenvalue weighted by atomic mass is 10.1. The Balaban J connectivity index is 2.03. The number of hydrogen-bond donors (Lipinski definition) is 2. The summed E-state index contributed by atoms with van der Waals surface area (Å²) in [5, 5.41) is 11.9. The minimum absolute atomic E-state index is 0.0134. The van der Waals surface area contributed by atoms with Gasteiger partial charge in [-0.1, -0.05) is 0 Å². The number of hydrogen-bond acceptors (Lipinski definition) is 4. The quantitative estimate of drug-likeness (QED) is 0.873. The fourth-order valence-corrected chi connectivity index (χ4v) is 3.95. The molecular formula is C13H16FNO4S. The highest BCUT2D eigenvalue weighted by molar-refractivity contribution is 7.91. The van der Waals surface area contributed by atoms with Gasteiger partial charge in [0.2, 0.25) is 0 Å². The largest absolute Gasteiger partial charge is 0.478 e. The van der Waals surface area contributed by atoms with Crippen molar-refractivity contribution < 1.29 is 22.7 Å². The van der Waals surface area contributed by atoms with Crippen molar-refractivity contribution in [1.82, 2.24) is 5.32 Å². The van der Waals surface area contributed by atoms with Gasteiger partial charge in [0.05, 0.1) is 17.1 Å². The molecule has 0 spiro atoms. The number of sulfone groups is 1. The molecule has 0 bridgehead atoms. The van der Waals surface area contributed by atoms with Crippen molar-refractivity contribution in [3.8, 4) is 0 Å². The molecule has 20 heavy (non-hydrogen) atoms. The molecule has 0 aliphatic carbocycles. The van der Waals surface area contributed by atoms with Crippen molar-refractivity contribution >= 4 is 15.8 Å². The predicted molar refractivity (Wildman–Crippen MR) is 71.9 cm³/mol. The highest BCUT2D eigenvalue weighted by Crippen LogP contribution is 2.15. The number of rotatable bonds is 4. The summed E-state index contributed by atoms with van der Waals surface area (Å²) in [7, 11) is -3.02. The average molecular weight is 301 g/mol. The Hall–Kier alpha value is -1.47. The van der Waals surface area contributed by atoms with Crippen molar-refractivity contribution in [2.45, 2.75) is 25.4 Å². The first kappa shape index (κ1) is 14.9. The van der Waals surface area contributed by atoms with E-state index >= 15 is 0 Å². The molecule has 0 saturated carbocycles. The topological polar surface area (TPSA) is 83.5 Å². The maximum atomic E-state index is 13.6. The van der Waals surface area contributed by atoms with Gasteiger partial charge in [-0.15, -0.1) is 0 Å².